The first-order chi connectivity index (χ1) is 8.15. The van der Waals surface area contributed by atoms with Crippen LogP contribution in [0.25, 0.3) is 0 Å². The highest BCUT2D eigenvalue weighted by atomic mass is 16.2. The molecule has 0 spiro atoms. The Balaban J connectivity index is 2.25. The van der Waals surface area contributed by atoms with Crippen LogP contribution in [-0.2, 0) is 11.2 Å². The van der Waals surface area contributed by atoms with E-state index in [0.29, 0.717) is 19.5 Å². The van der Waals surface area contributed by atoms with Crippen molar-refractivity contribution >= 4 is 17.3 Å². The number of carbonyl (C=O) groups is 1. The zero-order valence-corrected chi connectivity index (χ0v) is 9.94. The van der Waals surface area contributed by atoms with E-state index in [1.165, 1.54) is 0 Å². The summed E-state index contributed by atoms with van der Waals surface area (Å²) in [6.07, 6.45) is 0.447. The van der Waals surface area contributed by atoms with Gasteiger partial charge < -0.3 is 21.7 Å². The summed E-state index contributed by atoms with van der Waals surface area (Å²) >= 11 is 0. The predicted octanol–water partition coefficient (Wildman–Crippen LogP) is -0.0966. The van der Waals surface area contributed by atoms with Gasteiger partial charge in [-0.25, -0.2) is 0 Å². The predicted molar refractivity (Wildman–Crippen MR) is 69.1 cm³/mol. The van der Waals surface area contributed by atoms with Crippen LogP contribution in [0.1, 0.15) is 5.56 Å². The minimum atomic E-state index is -0.172. The van der Waals surface area contributed by atoms with Crippen LogP contribution in [-0.4, -0.2) is 32.1 Å². The zero-order valence-electron chi connectivity index (χ0n) is 9.94. The SMILES string of the molecule is CNc1ccc2c(c1)CC(=O)N2CC(N)CN. The third-order valence-corrected chi connectivity index (χ3v) is 3.02. The molecule has 1 aliphatic rings. The number of amides is 1. The number of nitrogens with zero attached hydrogens (tertiary/aromatic N) is 1. The Morgan fingerprint density at radius 2 is 2.29 bits per heavy atom. The summed E-state index contributed by atoms with van der Waals surface area (Å²) in [7, 11) is 1.86. The molecule has 1 aromatic rings. The average Bonchev–Trinajstić information content (AvgIpc) is 2.64. The van der Waals surface area contributed by atoms with E-state index >= 15 is 0 Å². The minimum Gasteiger partial charge on any atom is -0.388 e. The molecule has 92 valence electrons. The molecule has 1 amide bonds. The smallest absolute Gasteiger partial charge is 0.231 e. The summed E-state index contributed by atoms with van der Waals surface area (Å²) in [4.78, 5) is 13.6. The number of carbonyl (C=O) groups excluding carboxylic acids is 1. The van der Waals surface area contributed by atoms with Gasteiger partial charge in [0.1, 0.15) is 0 Å². The van der Waals surface area contributed by atoms with Crippen LogP contribution in [0, 0.1) is 0 Å². The lowest BCUT2D eigenvalue weighted by Crippen LogP contribution is -2.43. The largest absolute Gasteiger partial charge is 0.388 e. The summed E-state index contributed by atoms with van der Waals surface area (Å²) in [6, 6.07) is 5.74. The Morgan fingerprint density at radius 1 is 1.53 bits per heavy atom. The summed E-state index contributed by atoms with van der Waals surface area (Å²) in [6.45, 7) is 0.870. The number of nitrogens with one attached hydrogen (secondary N) is 1. The Bertz CT molecular complexity index is 433. The molecule has 1 aromatic carbocycles. The molecule has 0 aromatic heterocycles. The molecular formula is C12H18N4O. The van der Waals surface area contributed by atoms with Crippen molar-refractivity contribution in [2.45, 2.75) is 12.5 Å². The normalized spacial score (nSPS) is 15.9. The summed E-state index contributed by atoms with van der Waals surface area (Å²) in [5.74, 6) is 0.0946. The molecule has 0 fully saturated rings. The molecule has 0 saturated heterocycles. The molecule has 17 heavy (non-hydrogen) atoms. The van der Waals surface area contributed by atoms with Crippen molar-refractivity contribution < 1.29 is 4.79 Å². The van der Waals surface area contributed by atoms with Gasteiger partial charge in [0.15, 0.2) is 0 Å². The Labute approximate surface area is 101 Å². The fourth-order valence-electron chi connectivity index (χ4n) is 2.05. The van der Waals surface area contributed by atoms with Crippen LogP contribution in [0.15, 0.2) is 18.2 Å². The maximum atomic E-state index is 11.9. The maximum Gasteiger partial charge on any atom is 0.231 e. The third kappa shape index (κ3) is 2.25. The van der Waals surface area contributed by atoms with Crippen molar-refractivity contribution in [1.29, 1.82) is 0 Å². The number of nitrogens with two attached hydrogens (primary N) is 2. The molecule has 1 atom stereocenters. The van der Waals surface area contributed by atoms with Gasteiger partial charge in [-0.1, -0.05) is 0 Å². The second kappa shape index (κ2) is 4.73. The van der Waals surface area contributed by atoms with E-state index < -0.39 is 0 Å². The molecule has 2 rings (SSSR count). The second-order valence-corrected chi connectivity index (χ2v) is 4.27. The van der Waals surface area contributed by atoms with E-state index in [9.17, 15) is 4.79 Å². The lowest BCUT2D eigenvalue weighted by molar-refractivity contribution is -0.117. The van der Waals surface area contributed by atoms with Crippen LogP contribution in [0.4, 0.5) is 11.4 Å². The second-order valence-electron chi connectivity index (χ2n) is 4.27. The number of anilines is 2. The van der Waals surface area contributed by atoms with Gasteiger partial charge in [0.2, 0.25) is 5.91 Å². The van der Waals surface area contributed by atoms with E-state index in [-0.39, 0.29) is 11.9 Å². The molecule has 0 saturated carbocycles. The first kappa shape index (κ1) is 11.9. The molecule has 1 aliphatic heterocycles. The van der Waals surface area contributed by atoms with Gasteiger partial charge in [0.05, 0.1) is 6.42 Å². The van der Waals surface area contributed by atoms with Gasteiger partial charge in [-0.15, -0.1) is 0 Å². The Hall–Kier alpha value is -1.59. The van der Waals surface area contributed by atoms with E-state index in [1.807, 2.05) is 25.2 Å². The lowest BCUT2D eigenvalue weighted by Gasteiger charge is -2.21. The van der Waals surface area contributed by atoms with Gasteiger partial charge >= 0.3 is 0 Å². The standard InChI is InChI=1S/C12H18N4O/c1-15-10-2-3-11-8(4-10)5-12(17)16(11)7-9(14)6-13/h2-4,9,15H,5-7,13-14H2,1H3. The van der Waals surface area contributed by atoms with Crippen LogP contribution < -0.4 is 21.7 Å². The van der Waals surface area contributed by atoms with Crippen molar-refractivity contribution in [2.75, 3.05) is 30.4 Å². The van der Waals surface area contributed by atoms with Crippen LogP contribution in [0.2, 0.25) is 0 Å². The number of hydrogen-bond donors (Lipinski definition) is 3. The highest BCUT2D eigenvalue weighted by molar-refractivity contribution is 6.01. The molecule has 0 radical (unpaired) electrons. The maximum absolute atomic E-state index is 11.9. The quantitative estimate of drug-likeness (QED) is 0.679. The monoisotopic (exact) mass is 234 g/mol. The summed E-state index contributed by atoms with van der Waals surface area (Å²) in [5, 5.41) is 3.06. The fourth-order valence-corrected chi connectivity index (χ4v) is 2.05. The number of hydrogen-bond acceptors (Lipinski definition) is 4. The van der Waals surface area contributed by atoms with E-state index in [4.69, 9.17) is 11.5 Å². The zero-order chi connectivity index (χ0) is 12.4. The van der Waals surface area contributed by atoms with E-state index in [0.717, 1.165) is 16.9 Å². The topological polar surface area (TPSA) is 84.4 Å². The molecule has 0 aliphatic carbocycles. The van der Waals surface area contributed by atoms with Crippen molar-refractivity contribution in [1.82, 2.24) is 0 Å². The van der Waals surface area contributed by atoms with Crippen LogP contribution in [0.3, 0.4) is 0 Å². The number of benzene rings is 1. The Morgan fingerprint density at radius 3 is 2.94 bits per heavy atom. The van der Waals surface area contributed by atoms with Gasteiger partial charge in [0.25, 0.3) is 0 Å². The first-order valence-corrected chi connectivity index (χ1v) is 5.72. The molecule has 0 bridgehead atoms. The van der Waals surface area contributed by atoms with Gasteiger partial charge in [0, 0.05) is 37.6 Å². The van der Waals surface area contributed by atoms with Crippen molar-refractivity contribution in [3.05, 3.63) is 23.8 Å². The van der Waals surface area contributed by atoms with Crippen molar-refractivity contribution in [2.24, 2.45) is 11.5 Å². The van der Waals surface area contributed by atoms with Gasteiger partial charge in [-0.3, -0.25) is 4.79 Å². The lowest BCUT2D eigenvalue weighted by atomic mass is 10.1. The summed E-state index contributed by atoms with van der Waals surface area (Å²) in [5.41, 5.74) is 14.3. The molecular weight excluding hydrogens is 216 g/mol. The van der Waals surface area contributed by atoms with Crippen LogP contribution in [0.5, 0.6) is 0 Å². The number of fused-ring (bicyclic) bond motifs is 1. The highest BCUT2D eigenvalue weighted by Crippen LogP contribution is 2.30. The molecule has 5 heteroatoms. The van der Waals surface area contributed by atoms with Crippen LogP contribution >= 0.6 is 0 Å². The molecule has 5 nitrogen and oxygen atoms in total. The number of rotatable bonds is 4. The Kier molecular flexibility index (Phi) is 3.31. The van der Waals surface area contributed by atoms with E-state index in [2.05, 4.69) is 5.32 Å². The third-order valence-electron chi connectivity index (χ3n) is 3.02. The minimum absolute atomic E-state index is 0.0946. The molecule has 1 heterocycles. The van der Waals surface area contributed by atoms with Crippen molar-refractivity contribution in [3.63, 3.8) is 0 Å². The average molecular weight is 234 g/mol. The molecule has 1 unspecified atom stereocenters. The van der Waals surface area contributed by atoms with E-state index in [1.54, 1.807) is 4.90 Å². The van der Waals surface area contributed by atoms with Gasteiger partial charge in [-0.05, 0) is 23.8 Å². The molecule has 5 N–H and O–H groups in total. The summed E-state index contributed by atoms with van der Waals surface area (Å²) < 4.78 is 0. The fraction of sp³-hybridized carbons (Fsp3) is 0.417. The van der Waals surface area contributed by atoms with Crippen molar-refractivity contribution in [3.8, 4) is 0 Å². The highest BCUT2D eigenvalue weighted by Gasteiger charge is 2.28. The van der Waals surface area contributed by atoms with Gasteiger partial charge in [-0.2, -0.15) is 0 Å². The first-order valence-electron chi connectivity index (χ1n) is 5.72.